The molecule has 0 aromatic heterocycles. The van der Waals surface area contributed by atoms with E-state index in [4.69, 9.17) is 10.0 Å². The minimum absolute atomic E-state index is 0.512. The maximum Gasteiger partial charge on any atom is 0.488 e. The second kappa shape index (κ2) is 4.74. The molecule has 0 aliphatic heterocycles. The number of benzene rings is 2. The SMILES string of the molecule is Cc1cc(C)cc(-c2ccc(B(O)O)cc2)c1. The Balaban J connectivity index is 2.39. The smallest absolute Gasteiger partial charge is 0.423 e. The van der Waals surface area contributed by atoms with Crippen molar-refractivity contribution in [3.05, 3.63) is 53.6 Å². The molecule has 0 aliphatic carbocycles. The molecule has 0 amide bonds. The molecule has 0 heterocycles. The fraction of sp³-hybridized carbons (Fsp3) is 0.143. The van der Waals surface area contributed by atoms with Crippen LogP contribution in [-0.2, 0) is 0 Å². The largest absolute Gasteiger partial charge is 0.488 e. The Bertz CT molecular complexity index is 498. The van der Waals surface area contributed by atoms with Crippen LogP contribution in [0.1, 0.15) is 11.1 Å². The van der Waals surface area contributed by atoms with Crippen molar-refractivity contribution < 1.29 is 10.0 Å². The van der Waals surface area contributed by atoms with Crippen LogP contribution < -0.4 is 5.46 Å². The van der Waals surface area contributed by atoms with Crippen molar-refractivity contribution in [1.29, 1.82) is 0 Å². The van der Waals surface area contributed by atoms with E-state index in [0.717, 1.165) is 11.1 Å². The van der Waals surface area contributed by atoms with E-state index in [-0.39, 0.29) is 0 Å². The zero-order valence-electron chi connectivity index (χ0n) is 10.0. The fourth-order valence-electron chi connectivity index (χ4n) is 1.99. The summed E-state index contributed by atoms with van der Waals surface area (Å²) in [7, 11) is -1.40. The van der Waals surface area contributed by atoms with Gasteiger partial charge in [0.25, 0.3) is 0 Å². The van der Waals surface area contributed by atoms with Crippen LogP contribution in [0.15, 0.2) is 42.5 Å². The Hall–Kier alpha value is -1.58. The zero-order valence-corrected chi connectivity index (χ0v) is 10.0. The monoisotopic (exact) mass is 226 g/mol. The summed E-state index contributed by atoms with van der Waals surface area (Å²) in [5, 5.41) is 18.1. The van der Waals surface area contributed by atoms with Crippen LogP contribution in [0, 0.1) is 13.8 Å². The van der Waals surface area contributed by atoms with Crippen LogP contribution in [0.4, 0.5) is 0 Å². The molecule has 0 spiro atoms. The third-order valence-corrected chi connectivity index (χ3v) is 2.76. The molecule has 17 heavy (non-hydrogen) atoms. The molecule has 2 N–H and O–H groups in total. The van der Waals surface area contributed by atoms with E-state index in [9.17, 15) is 0 Å². The molecule has 2 aromatic carbocycles. The van der Waals surface area contributed by atoms with E-state index in [1.165, 1.54) is 11.1 Å². The van der Waals surface area contributed by atoms with Gasteiger partial charge in [-0.25, -0.2) is 0 Å². The van der Waals surface area contributed by atoms with Gasteiger partial charge in [0.2, 0.25) is 0 Å². The molecule has 3 heteroatoms. The lowest BCUT2D eigenvalue weighted by atomic mass is 9.80. The predicted octanol–water partition coefficient (Wildman–Crippen LogP) is 1.65. The molecule has 0 aliphatic rings. The first-order chi connectivity index (χ1) is 8.06. The molecule has 0 bridgehead atoms. The van der Waals surface area contributed by atoms with Gasteiger partial charge >= 0.3 is 7.12 Å². The van der Waals surface area contributed by atoms with Gasteiger partial charge in [0, 0.05) is 0 Å². The second-order valence-corrected chi connectivity index (χ2v) is 4.37. The topological polar surface area (TPSA) is 40.5 Å². The lowest BCUT2D eigenvalue weighted by molar-refractivity contribution is 0.426. The summed E-state index contributed by atoms with van der Waals surface area (Å²) in [6.45, 7) is 4.14. The fourth-order valence-corrected chi connectivity index (χ4v) is 1.99. The highest BCUT2D eigenvalue weighted by atomic mass is 16.4. The zero-order chi connectivity index (χ0) is 12.4. The molecule has 2 aromatic rings. The molecular formula is C14H15BO2. The average molecular weight is 226 g/mol. The van der Waals surface area contributed by atoms with Crippen molar-refractivity contribution in [3.8, 4) is 11.1 Å². The number of hydrogen-bond acceptors (Lipinski definition) is 2. The Morgan fingerprint density at radius 1 is 0.765 bits per heavy atom. The Morgan fingerprint density at radius 2 is 1.29 bits per heavy atom. The molecule has 0 radical (unpaired) electrons. The van der Waals surface area contributed by atoms with Gasteiger partial charge < -0.3 is 10.0 Å². The van der Waals surface area contributed by atoms with Gasteiger partial charge in [0.15, 0.2) is 0 Å². The third kappa shape index (κ3) is 2.76. The molecule has 86 valence electrons. The molecule has 2 rings (SSSR count). The van der Waals surface area contributed by atoms with Crippen molar-refractivity contribution in [2.75, 3.05) is 0 Å². The average Bonchev–Trinajstić information content (AvgIpc) is 2.28. The first kappa shape index (κ1) is 11.9. The van der Waals surface area contributed by atoms with Gasteiger partial charge in [-0.3, -0.25) is 0 Å². The summed E-state index contributed by atoms with van der Waals surface area (Å²) in [4.78, 5) is 0. The van der Waals surface area contributed by atoms with Gasteiger partial charge in [0.1, 0.15) is 0 Å². The lowest BCUT2D eigenvalue weighted by Crippen LogP contribution is -2.29. The summed E-state index contributed by atoms with van der Waals surface area (Å²) >= 11 is 0. The highest BCUT2D eigenvalue weighted by Crippen LogP contribution is 2.21. The molecule has 0 atom stereocenters. The lowest BCUT2D eigenvalue weighted by Gasteiger charge is -2.06. The van der Waals surface area contributed by atoms with Crippen LogP contribution in [0.3, 0.4) is 0 Å². The minimum Gasteiger partial charge on any atom is -0.423 e. The number of hydrogen-bond donors (Lipinski definition) is 2. The predicted molar refractivity (Wildman–Crippen MR) is 71.2 cm³/mol. The van der Waals surface area contributed by atoms with E-state index in [1.807, 2.05) is 12.1 Å². The van der Waals surface area contributed by atoms with Crippen LogP contribution in [0.5, 0.6) is 0 Å². The molecular weight excluding hydrogens is 211 g/mol. The summed E-state index contributed by atoms with van der Waals surface area (Å²) in [6.07, 6.45) is 0. The Labute approximate surface area is 102 Å². The first-order valence-corrected chi connectivity index (χ1v) is 5.61. The minimum atomic E-state index is -1.40. The third-order valence-electron chi connectivity index (χ3n) is 2.76. The van der Waals surface area contributed by atoms with E-state index in [2.05, 4.69) is 32.0 Å². The van der Waals surface area contributed by atoms with Gasteiger partial charge in [-0.1, -0.05) is 53.6 Å². The van der Waals surface area contributed by atoms with Crippen molar-refractivity contribution in [2.24, 2.45) is 0 Å². The van der Waals surface area contributed by atoms with Crippen LogP contribution in [0.2, 0.25) is 0 Å². The molecule has 2 nitrogen and oxygen atoms in total. The second-order valence-electron chi connectivity index (χ2n) is 4.37. The molecule has 0 saturated heterocycles. The van der Waals surface area contributed by atoms with Gasteiger partial charge in [0.05, 0.1) is 0 Å². The van der Waals surface area contributed by atoms with Gasteiger partial charge in [-0.2, -0.15) is 0 Å². The maximum atomic E-state index is 9.03. The normalized spacial score (nSPS) is 10.4. The van der Waals surface area contributed by atoms with E-state index in [1.54, 1.807) is 12.1 Å². The molecule has 0 saturated carbocycles. The highest BCUT2D eigenvalue weighted by Gasteiger charge is 2.10. The quantitative estimate of drug-likeness (QED) is 0.764. The maximum absolute atomic E-state index is 9.03. The van der Waals surface area contributed by atoms with Crippen LogP contribution >= 0.6 is 0 Å². The highest BCUT2D eigenvalue weighted by molar-refractivity contribution is 6.58. The Morgan fingerprint density at radius 3 is 1.76 bits per heavy atom. The summed E-state index contributed by atoms with van der Waals surface area (Å²) < 4.78 is 0. The van der Waals surface area contributed by atoms with Crippen LogP contribution in [0.25, 0.3) is 11.1 Å². The van der Waals surface area contributed by atoms with Crippen molar-refractivity contribution in [2.45, 2.75) is 13.8 Å². The molecule has 0 fully saturated rings. The van der Waals surface area contributed by atoms with Gasteiger partial charge in [-0.05, 0) is 30.4 Å². The first-order valence-electron chi connectivity index (χ1n) is 5.61. The summed E-state index contributed by atoms with van der Waals surface area (Å²) in [5.74, 6) is 0. The standard InChI is InChI=1S/C14H15BO2/c1-10-7-11(2)9-13(8-10)12-3-5-14(6-4-12)15(16)17/h3-9,16-17H,1-2H3. The molecule has 0 unspecified atom stereocenters. The summed E-state index contributed by atoms with van der Waals surface area (Å²) in [5.41, 5.74) is 5.21. The van der Waals surface area contributed by atoms with Crippen molar-refractivity contribution in [3.63, 3.8) is 0 Å². The Kier molecular flexibility index (Phi) is 3.32. The number of rotatable bonds is 2. The van der Waals surface area contributed by atoms with Gasteiger partial charge in [-0.15, -0.1) is 0 Å². The van der Waals surface area contributed by atoms with E-state index >= 15 is 0 Å². The summed E-state index contributed by atoms with van der Waals surface area (Å²) in [6, 6.07) is 13.7. The van der Waals surface area contributed by atoms with E-state index < -0.39 is 7.12 Å². The van der Waals surface area contributed by atoms with Crippen molar-refractivity contribution in [1.82, 2.24) is 0 Å². The van der Waals surface area contributed by atoms with Crippen LogP contribution in [-0.4, -0.2) is 17.2 Å². The van der Waals surface area contributed by atoms with E-state index in [0.29, 0.717) is 5.46 Å². The van der Waals surface area contributed by atoms with Crippen molar-refractivity contribution >= 4 is 12.6 Å². The number of aryl methyl sites for hydroxylation is 2.